The minimum atomic E-state index is -0.110. The molecule has 0 radical (unpaired) electrons. The lowest BCUT2D eigenvalue weighted by Crippen LogP contribution is -2.50. The molecular weight excluding hydrogens is 533 g/mol. The molecule has 0 spiro atoms. The third-order valence-corrected chi connectivity index (χ3v) is 13.9. The molecule has 4 aliphatic rings. The number of nitrogens with zero attached hydrogens (tertiary/aromatic N) is 1. The van der Waals surface area contributed by atoms with Crippen LogP contribution in [0.1, 0.15) is 98.3 Å². The van der Waals surface area contributed by atoms with Gasteiger partial charge in [0.1, 0.15) is 5.03 Å². The highest BCUT2D eigenvalue weighted by Gasteiger charge is 2.59. The first-order valence-electron chi connectivity index (χ1n) is 16.1. The zero-order valence-corrected chi connectivity index (χ0v) is 26.9. The fourth-order valence-electron chi connectivity index (χ4n) is 9.59. The number of aliphatic hydroxyl groups excluding tert-OH is 1. The van der Waals surface area contributed by atoms with Crippen LogP contribution in [0.2, 0.25) is 0 Å². The number of nitrogens with one attached hydrogen (secondary N) is 1. The quantitative estimate of drug-likeness (QED) is 0.202. The second-order valence-electron chi connectivity index (χ2n) is 14.2. The van der Waals surface area contributed by atoms with E-state index >= 15 is 0 Å². The van der Waals surface area contributed by atoms with Crippen LogP contribution in [0.4, 0.5) is 0 Å². The van der Waals surface area contributed by atoms with Gasteiger partial charge in [-0.1, -0.05) is 69.0 Å². The van der Waals surface area contributed by atoms with E-state index < -0.39 is 0 Å². The minimum Gasteiger partial charge on any atom is -0.393 e. The normalized spacial score (nSPS) is 36.5. The molecule has 0 aromatic carbocycles. The fourth-order valence-corrected chi connectivity index (χ4v) is 11.4. The number of hydrogen-bond acceptors (Lipinski definition) is 5. The van der Waals surface area contributed by atoms with Crippen molar-refractivity contribution in [3.05, 3.63) is 36.0 Å². The second kappa shape index (κ2) is 13.1. The molecule has 5 rings (SSSR count). The molecule has 2 N–H and O–H groups in total. The molecule has 1 unspecified atom stereocenters. The molecule has 4 nitrogen and oxygen atoms in total. The summed E-state index contributed by atoms with van der Waals surface area (Å²) < 4.78 is 0. The van der Waals surface area contributed by atoms with Gasteiger partial charge in [-0.05, 0) is 127 Å². The van der Waals surface area contributed by atoms with Crippen molar-refractivity contribution in [3.8, 4) is 0 Å². The Morgan fingerprint density at radius 3 is 2.77 bits per heavy atom. The monoisotopic (exact) mass is 584 g/mol. The van der Waals surface area contributed by atoms with Gasteiger partial charge in [-0.3, -0.25) is 4.79 Å². The van der Waals surface area contributed by atoms with E-state index in [0.29, 0.717) is 22.5 Å². The highest BCUT2D eigenvalue weighted by Crippen LogP contribution is 2.67. The molecule has 0 aliphatic heterocycles. The van der Waals surface area contributed by atoms with Crippen molar-refractivity contribution < 1.29 is 9.90 Å². The number of pyridine rings is 1. The summed E-state index contributed by atoms with van der Waals surface area (Å²) in [5.74, 6) is 5.30. The Hall–Kier alpha value is -0.980. The summed E-state index contributed by atoms with van der Waals surface area (Å²) in [4.78, 5) is 16.6. The van der Waals surface area contributed by atoms with Gasteiger partial charge in [0.15, 0.2) is 0 Å². The second-order valence-corrected chi connectivity index (χ2v) is 16.5. The van der Waals surface area contributed by atoms with Crippen molar-refractivity contribution >= 4 is 27.5 Å². The van der Waals surface area contributed by atoms with Gasteiger partial charge in [-0.25, -0.2) is 4.98 Å². The standard InChI is InChI=1S/C34H52N2O2S2/c1-23(21-36-31(38)22-39-40-32-10-5-6-19-35-32)8-7-9-24(2)28-13-14-29-27-12-11-25-20-26(37)15-17-33(25,3)30(27)16-18-34(28,29)4/h5-6,10-11,19,23-24,26-30,37H,7-9,12-18,20-22H2,1-4H3,(H,36,38)/t23?,24-,26+,27+,28-,29+,30+,33+,34-/m1/s1. The van der Waals surface area contributed by atoms with Gasteiger partial charge in [-0.15, -0.1) is 0 Å². The van der Waals surface area contributed by atoms with Crippen molar-refractivity contribution in [1.82, 2.24) is 10.3 Å². The van der Waals surface area contributed by atoms with E-state index in [1.807, 2.05) is 18.2 Å². The molecule has 40 heavy (non-hydrogen) atoms. The molecule has 4 aliphatic carbocycles. The predicted molar refractivity (Wildman–Crippen MR) is 169 cm³/mol. The molecule has 0 bridgehead atoms. The summed E-state index contributed by atoms with van der Waals surface area (Å²) in [6, 6.07) is 5.86. The maximum absolute atomic E-state index is 12.3. The zero-order valence-electron chi connectivity index (χ0n) is 25.2. The van der Waals surface area contributed by atoms with E-state index in [0.717, 1.165) is 54.0 Å². The number of carbonyl (C=O) groups is 1. The van der Waals surface area contributed by atoms with E-state index in [4.69, 9.17) is 0 Å². The van der Waals surface area contributed by atoms with Crippen LogP contribution < -0.4 is 5.32 Å². The first kappa shape index (κ1) is 30.5. The van der Waals surface area contributed by atoms with Crippen LogP contribution in [0.25, 0.3) is 0 Å². The van der Waals surface area contributed by atoms with E-state index in [1.165, 1.54) is 57.8 Å². The Labute approximate surface area is 251 Å². The first-order chi connectivity index (χ1) is 19.2. The number of allylic oxidation sites excluding steroid dienone is 1. The Morgan fingerprint density at radius 1 is 1.12 bits per heavy atom. The minimum absolute atomic E-state index is 0.110. The molecule has 3 saturated carbocycles. The maximum Gasteiger partial charge on any atom is 0.230 e. The van der Waals surface area contributed by atoms with Gasteiger partial charge in [0, 0.05) is 12.7 Å². The van der Waals surface area contributed by atoms with E-state index in [2.05, 4.69) is 44.1 Å². The smallest absolute Gasteiger partial charge is 0.230 e. The average molecular weight is 585 g/mol. The molecule has 222 valence electrons. The van der Waals surface area contributed by atoms with Gasteiger partial charge < -0.3 is 10.4 Å². The summed E-state index contributed by atoms with van der Waals surface area (Å²) >= 11 is 0. The van der Waals surface area contributed by atoms with Crippen LogP contribution in [0, 0.1) is 46.3 Å². The van der Waals surface area contributed by atoms with Crippen LogP contribution in [-0.2, 0) is 4.79 Å². The summed E-state index contributed by atoms with van der Waals surface area (Å²) in [5.41, 5.74) is 2.43. The molecule has 0 saturated heterocycles. The van der Waals surface area contributed by atoms with Gasteiger partial charge in [0.25, 0.3) is 0 Å². The molecule has 1 aromatic rings. The summed E-state index contributed by atoms with van der Waals surface area (Å²) in [6.07, 6.45) is 18.0. The van der Waals surface area contributed by atoms with Crippen molar-refractivity contribution in [2.75, 3.05) is 12.3 Å². The predicted octanol–water partition coefficient (Wildman–Crippen LogP) is 8.32. The van der Waals surface area contributed by atoms with Gasteiger partial charge in [0.2, 0.25) is 5.91 Å². The van der Waals surface area contributed by atoms with E-state index in [9.17, 15) is 9.90 Å². The van der Waals surface area contributed by atoms with Crippen LogP contribution in [0.5, 0.6) is 0 Å². The number of rotatable bonds is 11. The molecule has 1 aromatic heterocycles. The van der Waals surface area contributed by atoms with Crippen molar-refractivity contribution in [2.24, 2.45) is 46.3 Å². The summed E-state index contributed by atoms with van der Waals surface area (Å²) in [5, 5.41) is 14.4. The van der Waals surface area contributed by atoms with E-state index in [1.54, 1.807) is 33.4 Å². The molecule has 1 amide bonds. The number of aliphatic hydroxyl groups is 1. The summed E-state index contributed by atoms with van der Waals surface area (Å²) in [6.45, 7) is 10.8. The number of hydrogen-bond donors (Lipinski definition) is 2. The average Bonchev–Trinajstić information content (AvgIpc) is 3.30. The Kier molecular flexibility index (Phi) is 10.00. The molecule has 3 fully saturated rings. The Bertz CT molecular complexity index is 1030. The van der Waals surface area contributed by atoms with Gasteiger partial charge in [0.05, 0.1) is 11.9 Å². The van der Waals surface area contributed by atoms with E-state index in [-0.39, 0.29) is 12.0 Å². The number of fused-ring (bicyclic) bond motifs is 5. The van der Waals surface area contributed by atoms with Gasteiger partial charge >= 0.3 is 0 Å². The molecular formula is C34H52N2O2S2. The van der Waals surface area contributed by atoms with Gasteiger partial charge in [-0.2, -0.15) is 0 Å². The van der Waals surface area contributed by atoms with Crippen molar-refractivity contribution in [2.45, 2.75) is 109 Å². The summed E-state index contributed by atoms with van der Waals surface area (Å²) in [7, 11) is 3.11. The SMILES string of the molecule is CC(CCC[C@@H](C)[C@H]1CC[C@H]2[C@@H]3CC=C4C[C@@H](O)CC[C@]4(C)[C@H]3CC[C@]12C)CNC(=O)CSSc1ccccn1. The van der Waals surface area contributed by atoms with Crippen molar-refractivity contribution in [1.29, 1.82) is 0 Å². The highest BCUT2D eigenvalue weighted by atomic mass is 33.1. The molecule has 6 heteroatoms. The molecule has 1 heterocycles. The third kappa shape index (κ3) is 6.49. The Balaban J connectivity index is 1.04. The zero-order chi connectivity index (χ0) is 28.3. The number of carbonyl (C=O) groups excluding carboxylic acids is 1. The van der Waals surface area contributed by atoms with Crippen LogP contribution in [0.3, 0.4) is 0 Å². The third-order valence-electron chi connectivity index (χ3n) is 11.8. The van der Waals surface area contributed by atoms with Crippen LogP contribution >= 0.6 is 21.6 Å². The largest absolute Gasteiger partial charge is 0.393 e. The first-order valence-corrected chi connectivity index (χ1v) is 18.4. The van der Waals surface area contributed by atoms with Crippen LogP contribution in [-0.4, -0.2) is 34.4 Å². The lowest BCUT2D eigenvalue weighted by molar-refractivity contribution is -0.118. The number of aromatic nitrogens is 1. The van der Waals surface area contributed by atoms with Crippen molar-refractivity contribution in [3.63, 3.8) is 0 Å². The number of amides is 1. The molecule has 9 atom stereocenters. The fraction of sp³-hybridized carbons (Fsp3) is 0.765. The van der Waals surface area contributed by atoms with Crippen LogP contribution in [0.15, 0.2) is 41.1 Å². The maximum atomic E-state index is 12.3. The Morgan fingerprint density at radius 2 is 1.98 bits per heavy atom. The highest BCUT2D eigenvalue weighted by molar-refractivity contribution is 8.76. The lowest BCUT2D eigenvalue weighted by atomic mass is 9.47. The topological polar surface area (TPSA) is 62.2 Å². The lowest BCUT2D eigenvalue weighted by Gasteiger charge is -2.58.